The van der Waals surface area contributed by atoms with Crippen LogP contribution in [-0.2, 0) is 0 Å². The van der Waals surface area contributed by atoms with Gasteiger partial charge < -0.3 is 5.11 Å². The van der Waals surface area contributed by atoms with E-state index in [1.165, 1.54) is 24.6 Å². The predicted molar refractivity (Wildman–Crippen MR) is 70.5 cm³/mol. The molecule has 4 nitrogen and oxygen atoms in total. The van der Waals surface area contributed by atoms with E-state index in [0.29, 0.717) is 11.7 Å². The van der Waals surface area contributed by atoms with Gasteiger partial charge in [0.25, 0.3) is 0 Å². The molecule has 3 rings (SSSR count). The van der Waals surface area contributed by atoms with Gasteiger partial charge >= 0.3 is 0 Å². The van der Waals surface area contributed by atoms with Gasteiger partial charge in [-0.15, -0.1) is 5.10 Å². The summed E-state index contributed by atoms with van der Waals surface area (Å²) in [5.74, 6) is 2.16. The molecule has 1 aromatic carbocycles. The van der Waals surface area contributed by atoms with E-state index in [1.807, 2.05) is 30.3 Å². The van der Waals surface area contributed by atoms with E-state index < -0.39 is 6.10 Å². The highest BCUT2D eigenvalue weighted by molar-refractivity contribution is 7.99. The van der Waals surface area contributed by atoms with Gasteiger partial charge in [-0.05, 0) is 18.4 Å². The number of rotatable bonds is 5. The maximum absolute atomic E-state index is 10.0. The Kier molecular flexibility index (Phi) is 3.34. The molecule has 1 aliphatic carbocycles. The van der Waals surface area contributed by atoms with Crippen molar-refractivity contribution in [1.82, 2.24) is 15.2 Å². The van der Waals surface area contributed by atoms with Crippen molar-refractivity contribution in [3.8, 4) is 0 Å². The van der Waals surface area contributed by atoms with Gasteiger partial charge in [-0.1, -0.05) is 42.1 Å². The quantitative estimate of drug-likeness (QED) is 0.812. The second-order valence-corrected chi connectivity index (χ2v) is 5.50. The zero-order valence-corrected chi connectivity index (χ0v) is 10.7. The number of benzene rings is 1. The third kappa shape index (κ3) is 2.73. The second-order valence-electron chi connectivity index (χ2n) is 4.51. The summed E-state index contributed by atoms with van der Waals surface area (Å²) in [5, 5.41) is 17.9. The topological polar surface area (TPSA) is 61.8 Å². The number of nitrogens with zero attached hydrogens (tertiary/aromatic N) is 2. The Hall–Kier alpha value is -1.33. The summed E-state index contributed by atoms with van der Waals surface area (Å²) in [6, 6.07) is 9.67. The SMILES string of the molecule is O[C@H](CSc1n[nH]c(C2CC2)n1)c1ccccc1. The number of thioether (sulfide) groups is 1. The molecule has 0 bridgehead atoms. The molecule has 1 saturated carbocycles. The van der Waals surface area contributed by atoms with Gasteiger partial charge in [0, 0.05) is 11.7 Å². The fraction of sp³-hybridized carbons (Fsp3) is 0.385. The lowest BCUT2D eigenvalue weighted by molar-refractivity contribution is 0.204. The molecule has 5 heteroatoms. The molecule has 0 radical (unpaired) electrons. The number of aromatic nitrogens is 3. The Morgan fingerprint density at radius 1 is 1.33 bits per heavy atom. The lowest BCUT2D eigenvalue weighted by Gasteiger charge is -2.08. The minimum atomic E-state index is -0.473. The van der Waals surface area contributed by atoms with Gasteiger partial charge in [-0.3, -0.25) is 5.10 Å². The van der Waals surface area contributed by atoms with Gasteiger partial charge in [-0.25, -0.2) is 4.98 Å². The number of aliphatic hydroxyl groups excluding tert-OH is 1. The van der Waals surface area contributed by atoms with Gasteiger partial charge in [-0.2, -0.15) is 0 Å². The molecule has 18 heavy (non-hydrogen) atoms. The summed E-state index contributed by atoms with van der Waals surface area (Å²) < 4.78 is 0. The van der Waals surface area contributed by atoms with Gasteiger partial charge in [0.15, 0.2) is 0 Å². The van der Waals surface area contributed by atoms with E-state index in [-0.39, 0.29) is 0 Å². The van der Waals surface area contributed by atoms with Gasteiger partial charge in [0.05, 0.1) is 6.10 Å². The van der Waals surface area contributed by atoms with E-state index in [9.17, 15) is 5.11 Å². The highest BCUT2D eigenvalue weighted by Gasteiger charge is 2.27. The summed E-state index contributed by atoms with van der Waals surface area (Å²) in [5.41, 5.74) is 0.933. The fourth-order valence-electron chi connectivity index (χ4n) is 1.79. The third-order valence-electron chi connectivity index (χ3n) is 3.00. The molecular formula is C13H15N3OS. The lowest BCUT2D eigenvalue weighted by Crippen LogP contribution is -2.00. The van der Waals surface area contributed by atoms with E-state index >= 15 is 0 Å². The smallest absolute Gasteiger partial charge is 0.208 e. The van der Waals surface area contributed by atoms with Crippen LogP contribution in [0, 0.1) is 0 Å². The molecule has 1 atom stereocenters. The highest BCUT2D eigenvalue weighted by Crippen LogP contribution is 2.38. The average molecular weight is 261 g/mol. The Labute approximate surface area is 110 Å². The minimum Gasteiger partial charge on any atom is -0.388 e. The number of H-pyrrole nitrogens is 1. The second kappa shape index (κ2) is 5.12. The third-order valence-corrected chi connectivity index (χ3v) is 3.92. The van der Waals surface area contributed by atoms with E-state index in [0.717, 1.165) is 16.5 Å². The molecule has 0 amide bonds. The first-order valence-electron chi connectivity index (χ1n) is 6.11. The molecule has 1 heterocycles. The van der Waals surface area contributed by atoms with Crippen LogP contribution < -0.4 is 0 Å². The first-order chi connectivity index (χ1) is 8.83. The van der Waals surface area contributed by atoms with Crippen molar-refractivity contribution in [2.75, 3.05) is 5.75 Å². The predicted octanol–water partition coefficient (Wildman–Crippen LogP) is 2.51. The number of hydrogen-bond donors (Lipinski definition) is 2. The first kappa shape index (κ1) is 11.7. The Morgan fingerprint density at radius 3 is 2.83 bits per heavy atom. The summed E-state index contributed by atoms with van der Waals surface area (Å²) >= 11 is 1.49. The standard InChI is InChI=1S/C13H15N3OS/c17-11(9-4-2-1-3-5-9)8-18-13-14-12(15-16-13)10-6-7-10/h1-5,10-11,17H,6-8H2,(H,14,15,16)/t11-/m1/s1. The van der Waals surface area contributed by atoms with Crippen LogP contribution in [-0.4, -0.2) is 26.0 Å². The molecule has 0 spiro atoms. The average Bonchev–Trinajstić information content (AvgIpc) is 3.16. The number of hydrogen-bond acceptors (Lipinski definition) is 4. The summed E-state index contributed by atoms with van der Waals surface area (Å²) in [6.45, 7) is 0. The molecule has 1 fully saturated rings. The molecule has 1 aromatic heterocycles. The summed E-state index contributed by atoms with van der Waals surface area (Å²) in [4.78, 5) is 4.42. The number of aliphatic hydroxyl groups is 1. The van der Waals surface area contributed by atoms with Crippen LogP contribution in [0.4, 0.5) is 0 Å². The van der Waals surface area contributed by atoms with Crippen molar-refractivity contribution in [1.29, 1.82) is 0 Å². The molecule has 0 aliphatic heterocycles. The van der Waals surface area contributed by atoms with Crippen LogP contribution in [0.2, 0.25) is 0 Å². The van der Waals surface area contributed by atoms with E-state index in [2.05, 4.69) is 15.2 Å². The Bertz CT molecular complexity index is 510. The molecule has 2 N–H and O–H groups in total. The summed E-state index contributed by atoms with van der Waals surface area (Å²) in [6.07, 6.45) is 1.96. The highest BCUT2D eigenvalue weighted by atomic mass is 32.2. The summed E-state index contributed by atoms with van der Waals surface area (Å²) in [7, 11) is 0. The largest absolute Gasteiger partial charge is 0.388 e. The van der Waals surface area contributed by atoms with Crippen LogP contribution in [0.3, 0.4) is 0 Å². The molecule has 0 unspecified atom stereocenters. The van der Waals surface area contributed by atoms with Crippen molar-refractivity contribution < 1.29 is 5.11 Å². The number of nitrogens with one attached hydrogen (secondary N) is 1. The van der Waals surface area contributed by atoms with E-state index in [4.69, 9.17) is 0 Å². The van der Waals surface area contributed by atoms with E-state index in [1.54, 1.807) is 0 Å². The van der Waals surface area contributed by atoms with Gasteiger partial charge in [0.1, 0.15) is 5.82 Å². The molecule has 0 saturated heterocycles. The van der Waals surface area contributed by atoms with Crippen LogP contribution in [0.25, 0.3) is 0 Å². The molecule has 94 valence electrons. The minimum absolute atomic E-state index is 0.473. The van der Waals surface area contributed by atoms with Crippen molar-refractivity contribution in [3.05, 3.63) is 41.7 Å². The Morgan fingerprint density at radius 2 is 2.11 bits per heavy atom. The van der Waals surface area contributed by atoms with Crippen LogP contribution in [0.5, 0.6) is 0 Å². The molecule has 2 aromatic rings. The maximum Gasteiger partial charge on any atom is 0.208 e. The maximum atomic E-state index is 10.0. The lowest BCUT2D eigenvalue weighted by atomic mass is 10.1. The monoisotopic (exact) mass is 261 g/mol. The van der Waals surface area contributed by atoms with Crippen molar-refractivity contribution in [2.24, 2.45) is 0 Å². The van der Waals surface area contributed by atoms with Crippen molar-refractivity contribution in [3.63, 3.8) is 0 Å². The molecule has 1 aliphatic rings. The zero-order chi connectivity index (χ0) is 12.4. The fourth-order valence-corrected chi connectivity index (χ4v) is 2.56. The van der Waals surface area contributed by atoms with Crippen LogP contribution in [0.1, 0.15) is 36.3 Å². The van der Waals surface area contributed by atoms with Crippen molar-refractivity contribution in [2.45, 2.75) is 30.0 Å². The van der Waals surface area contributed by atoms with Crippen LogP contribution in [0.15, 0.2) is 35.5 Å². The Balaban J connectivity index is 1.56. The zero-order valence-electron chi connectivity index (χ0n) is 9.91. The normalized spacial score (nSPS) is 16.7. The molecular weight excluding hydrogens is 246 g/mol. The van der Waals surface area contributed by atoms with Crippen molar-refractivity contribution >= 4 is 11.8 Å². The first-order valence-corrected chi connectivity index (χ1v) is 7.09. The number of aromatic amines is 1. The van der Waals surface area contributed by atoms with Crippen LogP contribution >= 0.6 is 11.8 Å². The van der Waals surface area contributed by atoms with Gasteiger partial charge in [0.2, 0.25) is 5.16 Å².